The van der Waals surface area contributed by atoms with E-state index in [1.54, 1.807) is 17.1 Å². The van der Waals surface area contributed by atoms with Gasteiger partial charge in [0.2, 0.25) is 0 Å². The van der Waals surface area contributed by atoms with Crippen LogP contribution in [0, 0.1) is 5.41 Å². The molecule has 1 spiro atoms. The lowest BCUT2D eigenvalue weighted by molar-refractivity contribution is 0.00225. The second kappa shape index (κ2) is 5.68. The van der Waals surface area contributed by atoms with Crippen LogP contribution in [-0.2, 0) is 6.54 Å². The van der Waals surface area contributed by atoms with Gasteiger partial charge < -0.3 is 10.6 Å². The molecular weight excluding hydrogens is 290 g/mol. The van der Waals surface area contributed by atoms with E-state index in [9.17, 15) is 4.79 Å². The monoisotopic (exact) mass is 311 g/mol. The van der Waals surface area contributed by atoms with E-state index in [-0.39, 0.29) is 6.03 Å². The highest BCUT2D eigenvalue weighted by atomic mass is 16.2. The fourth-order valence-electron chi connectivity index (χ4n) is 3.69. The van der Waals surface area contributed by atoms with Crippen LogP contribution >= 0.6 is 0 Å². The van der Waals surface area contributed by atoms with E-state index >= 15 is 0 Å². The summed E-state index contributed by atoms with van der Waals surface area (Å²) in [6.45, 7) is 0.487. The van der Waals surface area contributed by atoms with Crippen molar-refractivity contribution in [3.63, 3.8) is 0 Å². The van der Waals surface area contributed by atoms with Crippen molar-refractivity contribution in [3.05, 3.63) is 42.4 Å². The summed E-state index contributed by atoms with van der Waals surface area (Å²) in [4.78, 5) is 16.3. The number of rotatable bonds is 4. The maximum absolute atomic E-state index is 12.0. The molecule has 0 radical (unpaired) electrons. The van der Waals surface area contributed by atoms with Crippen molar-refractivity contribution in [1.29, 1.82) is 0 Å². The van der Waals surface area contributed by atoms with Crippen molar-refractivity contribution < 1.29 is 4.79 Å². The molecule has 6 nitrogen and oxygen atoms in total. The van der Waals surface area contributed by atoms with Crippen LogP contribution in [0.4, 0.5) is 4.79 Å². The van der Waals surface area contributed by atoms with Crippen molar-refractivity contribution >= 4 is 6.03 Å². The largest absolute Gasteiger partial charge is 0.335 e. The molecule has 0 saturated heterocycles. The summed E-state index contributed by atoms with van der Waals surface area (Å²) in [5.41, 5.74) is 1.59. The molecule has 0 unspecified atom stereocenters. The van der Waals surface area contributed by atoms with Gasteiger partial charge in [-0.05, 0) is 54.9 Å². The van der Waals surface area contributed by atoms with E-state index < -0.39 is 0 Å². The smallest absolute Gasteiger partial charge is 0.315 e. The average Bonchev–Trinajstić information content (AvgIpc) is 3.01. The highest BCUT2D eigenvalue weighted by Gasteiger charge is 2.48. The third kappa shape index (κ3) is 2.93. The number of hydrogen-bond acceptors (Lipinski definition) is 3. The topological polar surface area (TPSA) is 71.8 Å². The van der Waals surface area contributed by atoms with Gasteiger partial charge in [-0.3, -0.25) is 0 Å². The van der Waals surface area contributed by atoms with Gasteiger partial charge >= 0.3 is 6.03 Å². The Kier molecular flexibility index (Phi) is 3.52. The first-order valence-corrected chi connectivity index (χ1v) is 8.22. The minimum Gasteiger partial charge on any atom is -0.335 e. The normalized spacial score (nSPS) is 19.0. The van der Waals surface area contributed by atoms with Gasteiger partial charge in [-0.25, -0.2) is 14.5 Å². The summed E-state index contributed by atoms with van der Waals surface area (Å²) in [6, 6.07) is 5.96. The van der Waals surface area contributed by atoms with E-state index in [1.807, 2.05) is 24.4 Å². The summed E-state index contributed by atoms with van der Waals surface area (Å²) >= 11 is 0. The van der Waals surface area contributed by atoms with Gasteiger partial charge in [0.15, 0.2) is 5.82 Å². The number of hydrogen-bond donors (Lipinski definition) is 2. The lowest BCUT2D eigenvalue weighted by Crippen LogP contribution is -2.55. The lowest BCUT2D eigenvalue weighted by atomic mass is 9.54. The van der Waals surface area contributed by atoms with Gasteiger partial charge in [-0.15, -0.1) is 0 Å². The summed E-state index contributed by atoms with van der Waals surface area (Å²) in [5.74, 6) is 0.751. The third-order valence-corrected chi connectivity index (χ3v) is 5.11. The molecule has 4 rings (SSSR count). The second-order valence-corrected chi connectivity index (χ2v) is 6.76. The molecule has 0 atom stereocenters. The Hall–Kier alpha value is -2.37. The predicted octanol–water partition coefficient (Wildman–Crippen LogP) is 2.40. The number of urea groups is 1. The van der Waals surface area contributed by atoms with Crippen LogP contribution in [0.15, 0.2) is 36.8 Å². The molecule has 2 aromatic heterocycles. The first kappa shape index (κ1) is 14.2. The Balaban J connectivity index is 1.27. The van der Waals surface area contributed by atoms with E-state index in [2.05, 4.69) is 20.7 Å². The second-order valence-electron chi connectivity index (χ2n) is 6.76. The number of amides is 2. The summed E-state index contributed by atoms with van der Waals surface area (Å²) in [7, 11) is 0. The molecule has 2 saturated carbocycles. The molecule has 0 aliphatic heterocycles. The zero-order valence-corrected chi connectivity index (χ0v) is 13.0. The molecule has 2 amide bonds. The quantitative estimate of drug-likeness (QED) is 0.911. The first-order valence-electron chi connectivity index (χ1n) is 8.22. The minimum absolute atomic E-state index is 0.0818. The van der Waals surface area contributed by atoms with Gasteiger partial charge in [0, 0.05) is 31.2 Å². The number of aromatic nitrogens is 3. The highest BCUT2D eigenvalue weighted by molar-refractivity contribution is 5.74. The third-order valence-electron chi connectivity index (χ3n) is 5.11. The Morgan fingerprint density at radius 3 is 2.91 bits per heavy atom. The van der Waals surface area contributed by atoms with Gasteiger partial charge in [0.1, 0.15) is 0 Å². The maximum Gasteiger partial charge on any atom is 0.315 e. The van der Waals surface area contributed by atoms with E-state index in [0.717, 1.165) is 24.2 Å². The molecule has 2 heterocycles. The van der Waals surface area contributed by atoms with Gasteiger partial charge in [0.25, 0.3) is 0 Å². The number of nitrogens with one attached hydrogen (secondary N) is 2. The standard InChI is InChI=1S/C17H21N5O/c23-16(21-14-10-17(11-14)4-1-5-17)19-12-13-3-7-18-15(9-13)22-8-2-6-20-22/h2-3,6-9,14H,1,4-5,10-12H2,(H2,19,21,23). The zero-order valence-electron chi connectivity index (χ0n) is 13.0. The molecule has 23 heavy (non-hydrogen) atoms. The molecule has 120 valence electrons. The number of pyridine rings is 1. The fraction of sp³-hybridized carbons (Fsp3) is 0.471. The summed E-state index contributed by atoms with van der Waals surface area (Å²) in [6.07, 6.45) is 11.7. The van der Waals surface area contributed by atoms with Crippen LogP contribution in [0.3, 0.4) is 0 Å². The predicted molar refractivity (Wildman–Crippen MR) is 86.0 cm³/mol. The molecule has 0 aromatic carbocycles. The van der Waals surface area contributed by atoms with Crippen LogP contribution in [0.25, 0.3) is 5.82 Å². The molecule has 2 N–H and O–H groups in total. The van der Waals surface area contributed by atoms with Crippen LogP contribution in [0.1, 0.15) is 37.7 Å². The Bertz CT molecular complexity index is 685. The van der Waals surface area contributed by atoms with E-state index in [1.165, 1.54) is 19.3 Å². The van der Waals surface area contributed by atoms with Crippen molar-refractivity contribution in [2.45, 2.75) is 44.7 Å². The molecule has 6 heteroatoms. The summed E-state index contributed by atoms with van der Waals surface area (Å²) < 4.78 is 1.70. The van der Waals surface area contributed by atoms with Crippen LogP contribution in [0.5, 0.6) is 0 Å². The molecule has 2 fully saturated rings. The SMILES string of the molecule is O=C(NCc1ccnc(-n2cccn2)c1)NC1CC2(CCC2)C1. The number of carbonyl (C=O) groups excluding carboxylic acids is 1. The van der Waals surface area contributed by atoms with Crippen molar-refractivity contribution in [2.24, 2.45) is 5.41 Å². The van der Waals surface area contributed by atoms with Crippen LogP contribution < -0.4 is 10.6 Å². The van der Waals surface area contributed by atoms with Crippen LogP contribution in [0.2, 0.25) is 0 Å². The Morgan fingerprint density at radius 1 is 1.35 bits per heavy atom. The molecular formula is C17H21N5O. The molecule has 2 aliphatic carbocycles. The van der Waals surface area contributed by atoms with Gasteiger partial charge in [-0.2, -0.15) is 5.10 Å². The highest BCUT2D eigenvalue weighted by Crippen LogP contribution is 2.55. The minimum atomic E-state index is -0.0818. The van der Waals surface area contributed by atoms with Crippen LogP contribution in [-0.4, -0.2) is 26.8 Å². The molecule has 2 aliphatic rings. The number of nitrogens with zero attached hydrogens (tertiary/aromatic N) is 3. The van der Waals surface area contributed by atoms with Gasteiger partial charge in [0.05, 0.1) is 0 Å². The van der Waals surface area contributed by atoms with E-state index in [4.69, 9.17) is 0 Å². The maximum atomic E-state index is 12.0. The number of carbonyl (C=O) groups is 1. The first-order chi connectivity index (χ1) is 11.2. The van der Waals surface area contributed by atoms with E-state index in [0.29, 0.717) is 18.0 Å². The van der Waals surface area contributed by atoms with Crippen molar-refractivity contribution in [2.75, 3.05) is 0 Å². The zero-order chi connectivity index (χ0) is 15.7. The van der Waals surface area contributed by atoms with Crippen molar-refractivity contribution in [3.8, 4) is 5.82 Å². The lowest BCUT2D eigenvalue weighted by Gasteiger charge is -2.54. The molecule has 2 aromatic rings. The fourth-order valence-corrected chi connectivity index (χ4v) is 3.69. The van der Waals surface area contributed by atoms with Gasteiger partial charge in [-0.1, -0.05) is 6.42 Å². The average molecular weight is 311 g/mol. The van der Waals surface area contributed by atoms with Crippen molar-refractivity contribution in [1.82, 2.24) is 25.4 Å². The molecule has 0 bridgehead atoms. The Morgan fingerprint density at radius 2 is 2.22 bits per heavy atom. The Labute approximate surface area is 135 Å². The summed E-state index contributed by atoms with van der Waals surface area (Å²) in [5, 5.41) is 10.2.